The number of nitrogens with one attached hydrogen (secondary N) is 1. The van der Waals surface area contributed by atoms with Gasteiger partial charge in [-0.2, -0.15) is 0 Å². The maximum atomic E-state index is 12.7. The number of hydrogen-bond donors (Lipinski definition) is 2. The molecule has 2 N–H and O–H groups in total. The van der Waals surface area contributed by atoms with Crippen LogP contribution >= 0.6 is 11.8 Å². The summed E-state index contributed by atoms with van der Waals surface area (Å²) in [5.41, 5.74) is 1.99. The van der Waals surface area contributed by atoms with Crippen LogP contribution in [0.1, 0.15) is 50.1 Å². The van der Waals surface area contributed by atoms with Gasteiger partial charge in [0.1, 0.15) is 5.82 Å². The van der Waals surface area contributed by atoms with E-state index >= 15 is 0 Å². The Morgan fingerprint density at radius 1 is 1.36 bits per heavy atom. The van der Waals surface area contributed by atoms with Crippen LogP contribution in [0.15, 0.2) is 24.3 Å². The molecule has 1 fully saturated rings. The Morgan fingerprint density at radius 3 is 2.84 bits per heavy atom. The maximum Gasteiger partial charge on any atom is 0.232 e. The SMILES string of the molecule is C[C@@H](SCC(=O)N(CCO)C1CCCCC1)c1nc2ccccc2[nH]1. The van der Waals surface area contributed by atoms with Gasteiger partial charge in [0, 0.05) is 12.6 Å². The molecule has 6 heteroatoms. The zero-order valence-electron chi connectivity index (χ0n) is 14.8. The van der Waals surface area contributed by atoms with Crippen molar-refractivity contribution in [1.82, 2.24) is 14.9 Å². The van der Waals surface area contributed by atoms with E-state index in [4.69, 9.17) is 0 Å². The van der Waals surface area contributed by atoms with Crippen molar-refractivity contribution in [3.05, 3.63) is 30.1 Å². The molecule has 0 bridgehead atoms. The van der Waals surface area contributed by atoms with Gasteiger partial charge < -0.3 is 15.0 Å². The third-order valence-corrected chi connectivity index (χ3v) is 6.06. The summed E-state index contributed by atoms with van der Waals surface area (Å²) in [7, 11) is 0. The van der Waals surface area contributed by atoms with E-state index in [0.29, 0.717) is 18.3 Å². The second kappa shape index (κ2) is 8.72. The second-order valence-electron chi connectivity index (χ2n) is 6.69. The van der Waals surface area contributed by atoms with Gasteiger partial charge in [0.15, 0.2) is 0 Å². The van der Waals surface area contributed by atoms with Crippen LogP contribution in [0.2, 0.25) is 0 Å². The molecular weight excluding hydrogens is 334 g/mol. The van der Waals surface area contributed by atoms with Crippen LogP contribution in [0.5, 0.6) is 0 Å². The minimum atomic E-state index is 0.0338. The Kier molecular flexibility index (Phi) is 6.37. The third kappa shape index (κ3) is 4.55. The number of H-pyrrole nitrogens is 1. The van der Waals surface area contributed by atoms with E-state index in [1.807, 2.05) is 29.2 Å². The van der Waals surface area contributed by atoms with Crippen molar-refractivity contribution in [3.63, 3.8) is 0 Å². The summed E-state index contributed by atoms with van der Waals surface area (Å²) in [6.45, 7) is 2.56. The first-order chi connectivity index (χ1) is 12.2. The lowest BCUT2D eigenvalue weighted by Gasteiger charge is -2.34. The number of imidazole rings is 1. The summed E-state index contributed by atoms with van der Waals surface area (Å²) in [5.74, 6) is 1.47. The second-order valence-corrected chi connectivity index (χ2v) is 8.02. The summed E-state index contributed by atoms with van der Waals surface area (Å²) in [5, 5.41) is 9.46. The number of carbonyl (C=O) groups is 1. The van der Waals surface area contributed by atoms with Crippen LogP contribution in [0, 0.1) is 0 Å². The third-order valence-electron chi connectivity index (χ3n) is 4.93. The smallest absolute Gasteiger partial charge is 0.232 e. The number of benzene rings is 1. The number of nitrogens with zero attached hydrogens (tertiary/aromatic N) is 2. The molecule has 0 radical (unpaired) electrons. The number of hydrogen-bond acceptors (Lipinski definition) is 4. The normalized spacial score (nSPS) is 16.9. The number of aliphatic hydroxyl groups excluding tert-OH is 1. The number of carbonyl (C=O) groups excluding carboxylic acids is 1. The largest absolute Gasteiger partial charge is 0.395 e. The highest BCUT2D eigenvalue weighted by atomic mass is 32.2. The van der Waals surface area contributed by atoms with Crippen molar-refractivity contribution in [3.8, 4) is 0 Å². The number of para-hydroxylation sites is 2. The summed E-state index contributed by atoms with van der Waals surface area (Å²) in [4.78, 5) is 22.6. The number of aromatic nitrogens is 2. The lowest BCUT2D eigenvalue weighted by Crippen LogP contribution is -2.44. The first-order valence-electron chi connectivity index (χ1n) is 9.15. The van der Waals surface area contributed by atoms with Crippen molar-refractivity contribution in [2.24, 2.45) is 0 Å². The van der Waals surface area contributed by atoms with E-state index in [1.54, 1.807) is 11.8 Å². The highest BCUT2D eigenvalue weighted by molar-refractivity contribution is 8.00. The van der Waals surface area contributed by atoms with Crippen molar-refractivity contribution < 1.29 is 9.90 Å². The Hall–Kier alpha value is -1.53. The molecule has 25 heavy (non-hydrogen) atoms. The average Bonchev–Trinajstić information content (AvgIpc) is 3.09. The fourth-order valence-electron chi connectivity index (χ4n) is 3.53. The van der Waals surface area contributed by atoms with Crippen molar-refractivity contribution >= 4 is 28.7 Å². The predicted octanol–water partition coefficient (Wildman–Crippen LogP) is 3.51. The highest BCUT2D eigenvalue weighted by Crippen LogP contribution is 2.29. The molecule has 0 aliphatic heterocycles. The average molecular weight is 362 g/mol. The number of amides is 1. The molecule has 1 heterocycles. The Morgan fingerprint density at radius 2 is 2.12 bits per heavy atom. The number of rotatable bonds is 7. The van der Waals surface area contributed by atoms with E-state index in [9.17, 15) is 9.90 Å². The number of aromatic amines is 1. The molecule has 0 unspecified atom stereocenters. The van der Waals surface area contributed by atoms with E-state index in [0.717, 1.165) is 29.7 Å². The van der Waals surface area contributed by atoms with E-state index in [-0.39, 0.29) is 17.8 Å². The topological polar surface area (TPSA) is 69.2 Å². The molecule has 1 atom stereocenters. The van der Waals surface area contributed by atoms with Crippen LogP contribution < -0.4 is 0 Å². The van der Waals surface area contributed by atoms with Crippen molar-refractivity contribution in [1.29, 1.82) is 0 Å². The molecular formula is C19H27N3O2S. The molecule has 1 aromatic carbocycles. The lowest BCUT2D eigenvalue weighted by atomic mass is 9.94. The first-order valence-corrected chi connectivity index (χ1v) is 10.2. The molecule has 0 saturated heterocycles. The summed E-state index contributed by atoms with van der Waals surface area (Å²) in [6, 6.07) is 8.27. The summed E-state index contributed by atoms with van der Waals surface area (Å²) < 4.78 is 0. The minimum Gasteiger partial charge on any atom is -0.395 e. The molecule has 136 valence electrons. The lowest BCUT2D eigenvalue weighted by molar-refractivity contribution is -0.131. The quantitative estimate of drug-likeness (QED) is 0.792. The molecule has 1 saturated carbocycles. The molecule has 1 aliphatic carbocycles. The van der Waals surface area contributed by atoms with Crippen LogP contribution in [0.3, 0.4) is 0 Å². The minimum absolute atomic E-state index is 0.0338. The Bertz CT molecular complexity index is 664. The van der Waals surface area contributed by atoms with Gasteiger partial charge in [-0.3, -0.25) is 4.79 Å². The zero-order chi connectivity index (χ0) is 17.6. The van der Waals surface area contributed by atoms with Crippen LogP contribution in [-0.4, -0.2) is 50.8 Å². The highest BCUT2D eigenvalue weighted by Gasteiger charge is 2.25. The van der Waals surface area contributed by atoms with Gasteiger partial charge in [0.2, 0.25) is 5.91 Å². The molecule has 1 aromatic heterocycles. The van der Waals surface area contributed by atoms with Gasteiger partial charge in [-0.15, -0.1) is 11.8 Å². The van der Waals surface area contributed by atoms with Crippen LogP contribution in [0.4, 0.5) is 0 Å². The van der Waals surface area contributed by atoms with E-state index < -0.39 is 0 Å². The van der Waals surface area contributed by atoms with Gasteiger partial charge in [-0.1, -0.05) is 31.4 Å². The Labute approximate surface area is 153 Å². The maximum absolute atomic E-state index is 12.7. The molecule has 1 amide bonds. The summed E-state index contributed by atoms with van der Waals surface area (Å²) in [6.07, 6.45) is 5.76. The van der Waals surface area contributed by atoms with Gasteiger partial charge in [-0.05, 0) is 31.9 Å². The first kappa shape index (κ1) is 18.3. The molecule has 1 aliphatic rings. The molecule has 2 aromatic rings. The van der Waals surface area contributed by atoms with Gasteiger partial charge in [0.05, 0.1) is 28.6 Å². The zero-order valence-corrected chi connectivity index (χ0v) is 15.6. The fourth-order valence-corrected chi connectivity index (χ4v) is 4.36. The van der Waals surface area contributed by atoms with E-state index in [1.165, 1.54) is 19.3 Å². The van der Waals surface area contributed by atoms with Crippen molar-refractivity contribution in [2.45, 2.75) is 50.3 Å². The fraction of sp³-hybridized carbons (Fsp3) is 0.579. The standard InChI is InChI=1S/C19H27N3O2S/c1-14(19-20-16-9-5-6-10-17(16)21-19)25-13-18(24)22(11-12-23)15-7-3-2-4-8-15/h5-6,9-10,14-15,23H,2-4,7-8,11-13H2,1H3,(H,20,21)/t14-/m1/s1. The number of thioether (sulfide) groups is 1. The monoisotopic (exact) mass is 361 g/mol. The molecule has 0 spiro atoms. The molecule has 5 nitrogen and oxygen atoms in total. The number of fused-ring (bicyclic) bond motifs is 1. The van der Waals surface area contributed by atoms with Gasteiger partial charge in [-0.25, -0.2) is 4.98 Å². The molecule has 3 rings (SSSR count). The summed E-state index contributed by atoms with van der Waals surface area (Å²) >= 11 is 1.60. The predicted molar refractivity (Wildman–Crippen MR) is 103 cm³/mol. The van der Waals surface area contributed by atoms with E-state index in [2.05, 4.69) is 16.9 Å². The van der Waals surface area contributed by atoms with Crippen LogP contribution in [-0.2, 0) is 4.79 Å². The van der Waals surface area contributed by atoms with Crippen molar-refractivity contribution in [2.75, 3.05) is 18.9 Å². The number of aliphatic hydroxyl groups is 1. The van der Waals surface area contributed by atoms with Gasteiger partial charge >= 0.3 is 0 Å². The van der Waals surface area contributed by atoms with Gasteiger partial charge in [0.25, 0.3) is 0 Å². The van der Waals surface area contributed by atoms with Crippen LogP contribution in [0.25, 0.3) is 11.0 Å². The Balaban J connectivity index is 1.59.